The van der Waals surface area contributed by atoms with Gasteiger partial charge in [0, 0.05) is 26.9 Å². The van der Waals surface area contributed by atoms with Gasteiger partial charge in [0.15, 0.2) is 0 Å². The highest BCUT2D eigenvalue weighted by Crippen LogP contribution is 2.34. The van der Waals surface area contributed by atoms with E-state index in [2.05, 4.69) is 17.6 Å². The molecule has 7 unspecified atom stereocenters. The van der Waals surface area contributed by atoms with Gasteiger partial charge in [-0.05, 0) is 50.9 Å². The minimum absolute atomic E-state index is 0.0393. The summed E-state index contributed by atoms with van der Waals surface area (Å²) in [5.74, 6) is 0.627. The van der Waals surface area contributed by atoms with E-state index in [-0.39, 0.29) is 42.3 Å². The summed E-state index contributed by atoms with van der Waals surface area (Å²) >= 11 is 0. The minimum Gasteiger partial charge on any atom is -0.381 e. The first-order valence-corrected chi connectivity index (χ1v) is 9.89. The van der Waals surface area contributed by atoms with Gasteiger partial charge in [0.05, 0.1) is 30.4 Å². The molecule has 1 heterocycles. The molecule has 25 heavy (non-hydrogen) atoms. The fraction of sp³-hybridized carbons (Fsp3) is 0.947. The Hall–Kier alpha value is -0.690. The van der Waals surface area contributed by atoms with E-state index in [1.165, 1.54) is 0 Å². The molecule has 1 amide bonds. The summed E-state index contributed by atoms with van der Waals surface area (Å²) in [6.45, 7) is 2.92. The van der Waals surface area contributed by atoms with Crippen LogP contribution < -0.4 is 10.6 Å². The molecule has 0 bridgehead atoms. The lowest BCUT2D eigenvalue weighted by Crippen LogP contribution is -2.66. The Morgan fingerprint density at radius 3 is 2.60 bits per heavy atom. The first kappa shape index (κ1) is 19.1. The van der Waals surface area contributed by atoms with Crippen LogP contribution in [0.15, 0.2) is 0 Å². The van der Waals surface area contributed by atoms with Crippen LogP contribution in [-0.4, -0.2) is 57.3 Å². The van der Waals surface area contributed by atoms with E-state index in [4.69, 9.17) is 14.2 Å². The molecule has 144 valence electrons. The van der Waals surface area contributed by atoms with Crippen LogP contribution in [-0.2, 0) is 19.0 Å². The maximum Gasteiger partial charge on any atom is 0.226 e. The molecule has 3 rings (SSSR count). The smallest absolute Gasteiger partial charge is 0.226 e. The van der Waals surface area contributed by atoms with Crippen molar-refractivity contribution in [3.8, 4) is 0 Å². The number of carbonyl (C=O) groups is 1. The van der Waals surface area contributed by atoms with E-state index < -0.39 is 0 Å². The standard InChI is InChI=1S/C19H34N2O4/c1-4-9-25-16-8-5-12(10-17(16)24-3)18-20-15-7-6-13(23-2)11-14(15)19(22)21-18/h12-18,20H,4-11H2,1-3H3,(H,21,22). The fourth-order valence-electron chi connectivity index (χ4n) is 4.76. The van der Waals surface area contributed by atoms with E-state index in [0.717, 1.165) is 51.6 Å². The topological polar surface area (TPSA) is 68.8 Å². The Labute approximate surface area is 151 Å². The van der Waals surface area contributed by atoms with Crippen LogP contribution in [0.2, 0.25) is 0 Å². The molecular formula is C19H34N2O4. The van der Waals surface area contributed by atoms with Crippen molar-refractivity contribution in [3.05, 3.63) is 0 Å². The minimum atomic E-state index is 0.0393. The van der Waals surface area contributed by atoms with Gasteiger partial charge in [-0.15, -0.1) is 0 Å². The molecule has 3 fully saturated rings. The number of fused-ring (bicyclic) bond motifs is 1. The third kappa shape index (κ3) is 4.35. The monoisotopic (exact) mass is 354 g/mol. The maximum atomic E-state index is 12.6. The molecule has 0 spiro atoms. The zero-order chi connectivity index (χ0) is 17.8. The molecule has 2 saturated carbocycles. The largest absolute Gasteiger partial charge is 0.381 e. The highest BCUT2D eigenvalue weighted by Gasteiger charge is 2.44. The van der Waals surface area contributed by atoms with E-state index in [9.17, 15) is 4.79 Å². The third-order valence-corrected chi connectivity index (χ3v) is 6.25. The molecule has 7 atom stereocenters. The average molecular weight is 354 g/mol. The van der Waals surface area contributed by atoms with Crippen LogP contribution >= 0.6 is 0 Å². The molecule has 3 aliphatic rings. The fourth-order valence-corrected chi connectivity index (χ4v) is 4.76. The molecule has 2 aliphatic carbocycles. The molecule has 1 aliphatic heterocycles. The summed E-state index contributed by atoms with van der Waals surface area (Å²) in [6, 6.07) is 0.278. The van der Waals surface area contributed by atoms with Gasteiger partial charge in [0.2, 0.25) is 5.91 Å². The molecule has 0 aromatic rings. The van der Waals surface area contributed by atoms with Gasteiger partial charge in [-0.1, -0.05) is 6.92 Å². The van der Waals surface area contributed by atoms with Gasteiger partial charge in [-0.2, -0.15) is 0 Å². The van der Waals surface area contributed by atoms with Crippen molar-refractivity contribution >= 4 is 5.91 Å². The van der Waals surface area contributed by atoms with E-state index >= 15 is 0 Å². The van der Waals surface area contributed by atoms with Crippen molar-refractivity contribution < 1.29 is 19.0 Å². The predicted molar refractivity (Wildman–Crippen MR) is 95.2 cm³/mol. The molecule has 6 heteroatoms. The second-order valence-electron chi connectivity index (χ2n) is 7.79. The quantitative estimate of drug-likeness (QED) is 0.762. The molecule has 2 N–H and O–H groups in total. The number of hydrogen-bond donors (Lipinski definition) is 2. The first-order chi connectivity index (χ1) is 12.2. The predicted octanol–water partition coefficient (Wildman–Crippen LogP) is 1.83. The molecular weight excluding hydrogens is 320 g/mol. The lowest BCUT2D eigenvalue weighted by molar-refractivity contribution is -0.136. The first-order valence-electron chi connectivity index (χ1n) is 9.89. The molecule has 6 nitrogen and oxygen atoms in total. The Balaban J connectivity index is 1.57. The zero-order valence-corrected chi connectivity index (χ0v) is 15.8. The summed E-state index contributed by atoms with van der Waals surface area (Å²) in [5.41, 5.74) is 0. The van der Waals surface area contributed by atoms with E-state index in [0.29, 0.717) is 5.92 Å². The molecule has 1 saturated heterocycles. The lowest BCUT2D eigenvalue weighted by Gasteiger charge is -2.46. The summed E-state index contributed by atoms with van der Waals surface area (Å²) in [7, 11) is 3.51. The number of rotatable bonds is 6. The van der Waals surface area contributed by atoms with Crippen molar-refractivity contribution in [2.45, 2.75) is 82.4 Å². The Kier molecular flexibility index (Phi) is 6.72. The van der Waals surface area contributed by atoms with Crippen molar-refractivity contribution in [1.29, 1.82) is 0 Å². The lowest BCUT2D eigenvalue weighted by atomic mass is 9.77. The number of nitrogens with one attached hydrogen (secondary N) is 2. The van der Waals surface area contributed by atoms with Gasteiger partial charge in [-0.25, -0.2) is 0 Å². The van der Waals surface area contributed by atoms with Crippen LogP contribution in [0.1, 0.15) is 51.9 Å². The van der Waals surface area contributed by atoms with Crippen molar-refractivity contribution in [2.24, 2.45) is 11.8 Å². The van der Waals surface area contributed by atoms with Crippen LogP contribution in [0.4, 0.5) is 0 Å². The van der Waals surface area contributed by atoms with Gasteiger partial charge >= 0.3 is 0 Å². The SMILES string of the molecule is CCCOC1CCC(C2NC(=O)C3CC(OC)CCC3N2)CC1OC. The van der Waals surface area contributed by atoms with Gasteiger partial charge in [-0.3, -0.25) is 10.1 Å². The Morgan fingerprint density at radius 2 is 1.88 bits per heavy atom. The zero-order valence-electron chi connectivity index (χ0n) is 15.8. The van der Waals surface area contributed by atoms with Crippen LogP contribution in [0.25, 0.3) is 0 Å². The second-order valence-corrected chi connectivity index (χ2v) is 7.79. The average Bonchev–Trinajstić information content (AvgIpc) is 2.65. The Morgan fingerprint density at radius 1 is 1.04 bits per heavy atom. The third-order valence-electron chi connectivity index (χ3n) is 6.25. The van der Waals surface area contributed by atoms with Gasteiger partial charge < -0.3 is 19.5 Å². The van der Waals surface area contributed by atoms with Crippen LogP contribution in [0, 0.1) is 11.8 Å². The number of ether oxygens (including phenoxy) is 3. The normalized spacial score (nSPS) is 41.9. The molecule has 0 radical (unpaired) electrons. The maximum absolute atomic E-state index is 12.6. The summed E-state index contributed by atoms with van der Waals surface area (Å²) in [6.07, 6.45) is 7.46. The van der Waals surface area contributed by atoms with Crippen LogP contribution in [0.3, 0.4) is 0 Å². The van der Waals surface area contributed by atoms with Crippen molar-refractivity contribution in [3.63, 3.8) is 0 Å². The number of hydrogen-bond acceptors (Lipinski definition) is 5. The highest BCUT2D eigenvalue weighted by molar-refractivity contribution is 5.80. The summed E-state index contributed by atoms with van der Waals surface area (Å²) < 4.78 is 17.1. The van der Waals surface area contributed by atoms with Crippen molar-refractivity contribution in [2.75, 3.05) is 20.8 Å². The number of carbonyl (C=O) groups excluding carboxylic acids is 1. The second kappa shape index (κ2) is 8.80. The van der Waals surface area contributed by atoms with E-state index in [1.807, 2.05) is 0 Å². The highest BCUT2D eigenvalue weighted by atomic mass is 16.5. The summed E-state index contributed by atoms with van der Waals surface area (Å²) in [5, 5.41) is 6.95. The number of methoxy groups -OCH3 is 2. The van der Waals surface area contributed by atoms with Gasteiger partial charge in [0.25, 0.3) is 0 Å². The number of amides is 1. The summed E-state index contributed by atoms with van der Waals surface area (Å²) in [4.78, 5) is 12.6. The van der Waals surface area contributed by atoms with Gasteiger partial charge in [0.1, 0.15) is 0 Å². The van der Waals surface area contributed by atoms with Crippen LogP contribution in [0.5, 0.6) is 0 Å². The van der Waals surface area contributed by atoms with Crippen molar-refractivity contribution in [1.82, 2.24) is 10.6 Å². The van der Waals surface area contributed by atoms with E-state index in [1.54, 1.807) is 14.2 Å². The molecule has 0 aromatic carbocycles. The molecule has 0 aromatic heterocycles. The Bertz CT molecular complexity index is 447.